The quantitative estimate of drug-likeness (QED) is 0.916. The minimum absolute atomic E-state index is 0.176. The van der Waals surface area contributed by atoms with E-state index >= 15 is 0 Å². The van der Waals surface area contributed by atoms with Crippen molar-refractivity contribution in [3.05, 3.63) is 23.6 Å². The lowest BCUT2D eigenvalue weighted by Crippen LogP contribution is -2.46. The van der Waals surface area contributed by atoms with E-state index in [0.717, 1.165) is 24.5 Å². The molecular formula is C15H22FN3O. The molecule has 0 spiro atoms. The lowest BCUT2D eigenvalue weighted by Gasteiger charge is -2.37. The van der Waals surface area contributed by atoms with Crippen LogP contribution in [-0.2, 0) is 11.3 Å². The van der Waals surface area contributed by atoms with E-state index in [2.05, 4.69) is 29.0 Å². The Hall–Kier alpha value is -1.20. The van der Waals surface area contributed by atoms with Gasteiger partial charge in [0, 0.05) is 31.2 Å². The minimum Gasteiger partial charge on any atom is -0.372 e. The molecule has 1 aromatic heterocycles. The Morgan fingerprint density at radius 2 is 2.05 bits per heavy atom. The zero-order valence-electron chi connectivity index (χ0n) is 12.1. The van der Waals surface area contributed by atoms with Crippen molar-refractivity contribution < 1.29 is 9.13 Å². The number of ether oxygens (including phenoxy) is 1. The Kier molecular flexibility index (Phi) is 3.89. The summed E-state index contributed by atoms with van der Waals surface area (Å²) < 4.78 is 19.2. The van der Waals surface area contributed by atoms with E-state index in [4.69, 9.17) is 4.74 Å². The van der Waals surface area contributed by atoms with Gasteiger partial charge in [-0.25, -0.2) is 9.37 Å². The van der Waals surface area contributed by atoms with Crippen LogP contribution in [0.1, 0.15) is 32.3 Å². The predicted molar refractivity (Wildman–Crippen MR) is 76.3 cm³/mol. The standard InChI is InChI=1S/C15H22FN3O/c1-10-8-19(9-11(2)20-10)15-12(5-13(16)7-18-15)6-17-14-3-4-14/h5,7,10-11,14,17H,3-4,6,8-9H2,1-2H3/t10-,11+. The minimum atomic E-state index is -0.268. The predicted octanol–water partition coefficient (Wildman–Crippen LogP) is 2.09. The van der Waals surface area contributed by atoms with Crippen molar-refractivity contribution in [3.63, 3.8) is 0 Å². The summed E-state index contributed by atoms with van der Waals surface area (Å²) in [5, 5.41) is 3.44. The van der Waals surface area contributed by atoms with Gasteiger partial charge in [0.15, 0.2) is 0 Å². The second-order valence-corrected chi connectivity index (χ2v) is 5.95. The van der Waals surface area contributed by atoms with Gasteiger partial charge in [0.25, 0.3) is 0 Å². The van der Waals surface area contributed by atoms with Crippen molar-refractivity contribution in [2.24, 2.45) is 0 Å². The Balaban J connectivity index is 1.79. The lowest BCUT2D eigenvalue weighted by atomic mass is 10.2. The van der Waals surface area contributed by atoms with E-state index in [1.54, 1.807) is 6.07 Å². The molecule has 5 heteroatoms. The molecular weight excluding hydrogens is 257 g/mol. The summed E-state index contributed by atoms with van der Waals surface area (Å²) >= 11 is 0. The number of aromatic nitrogens is 1. The average molecular weight is 279 g/mol. The SMILES string of the molecule is C[C@@H]1CN(c2ncc(F)cc2CNC2CC2)C[C@H](C)O1. The number of nitrogens with zero attached hydrogens (tertiary/aromatic N) is 2. The van der Waals surface area contributed by atoms with Crippen molar-refractivity contribution in [2.45, 2.75) is 51.5 Å². The zero-order chi connectivity index (χ0) is 14.1. The number of halogens is 1. The van der Waals surface area contributed by atoms with Crippen LogP contribution < -0.4 is 10.2 Å². The number of nitrogens with one attached hydrogen (secondary N) is 1. The van der Waals surface area contributed by atoms with Crippen LogP contribution in [0.3, 0.4) is 0 Å². The first-order valence-electron chi connectivity index (χ1n) is 7.40. The summed E-state index contributed by atoms with van der Waals surface area (Å²) in [5.41, 5.74) is 0.943. The van der Waals surface area contributed by atoms with E-state index in [9.17, 15) is 4.39 Å². The first kappa shape index (κ1) is 13.8. The highest BCUT2D eigenvalue weighted by molar-refractivity contribution is 5.47. The number of hydrogen-bond donors (Lipinski definition) is 1. The number of hydrogen-bond acceptors (Lipinski definition) is 4. The molecule has 0 aromatic carbocycles. The van der Waals surface area contributed by atoms with E-state index in [1.165, 1.54) is 19.0 Å². The Bertz CT molecular complexity index is 468. The molecule has 1 aliphatic carbocycles. The van der Waals surface area contributed by atoms with Gasteiger partial charge >= 0.3 is 0 Å². The summed E-state index contributed by atoms with van der Waals surface area (Å²) in [6.45, 7) is 6.42. The molecule has 20 heavy (non-hydrogen) atoms. The summed E-state index contributed by atoms with van der Waals surface area (Å²) in [5.74, 6) is 0.622. The molecule has 1 aliphatic heterocycles. The van der Waals surface area contributed by atoms with Crippen molar-refractivity contribution in [1.29, 1.82) is 0 Å². The second-order valence-electron chi connectivity index (χ2n) is 5.95. The molecule has 0 unspecified atom stereocenters. The molecule has 0 amide bonds. The van der Waals surface area contributed by atoms with Gasteiger partial charge in [-0.05, 0) is 32.8 Å². The van der Waals surface area contributed by atoms with Gasteiger partial charge in [-0.2, -0.15) is 0 Å². The molecule has 2 fully saturated rings. The van der Waals surface area contributed by atoms with Crippen LogP contribution in [0.25, 0.3) is 0 Å². The molecule has 0 bridgehead atoms. The Morgan fingerprint density at radius 3 is 2.70 bits per heavy atom. The lowest BCUT2D eigenvalue weighted by molar-refractivity contribution is -0.00551. The third kappa shape index (κ3) is 3.27. The van der Waals surface area contributed by atoms with Crippen LogP contribution in [0.15, 0.2) is 12.3 Å². The number of pyridine rings is 1. The van der Waals surface area contributed by atoms with Gasteiger partial charge in [0.1, 0.15) is 11.6 Å². The highest BCUT2D eigenvalue weighted by atomic mass is 19.1. The maximum atomic E-state index is 13.5. The van der Waals surface area contributed by atoms with Crippen LogP contribution in [0.2, 0.25) is 0 Å². The van der Waals surface area contributed by atoms with Gasteiger partial charge in [-0.1, -0.05) is 0 Å². The third-order valence-electron chi connectivity index (χ3n) is 3.79. The van der Waals surface area contributed by atoms with E-state index < -0.39 is 0 Å². The van der Waals surface area contributed by atoms with Gasteiger partial charge in [-0.15, -0.1) is 0 Å². The molecule has 2 aliphatic rings. The molecule has 0 radical (unpaired) electrons. The van der Waals surface area contributed by atoms with Crippen LogP contribution in [-0.4, -0.2) is 36.3 Å². The summed E-state index contributed by atoms with van der Waals surface area (Å²) in [6, 6.07) is 2.20. The van der Waals surface area contributed by atoms with Gasteiger partial charge in [0.05, 0.1) is 18.4 Å². The molecule has 2 heterocycles. The highest BCUT2D eigenvalue weighted by Crippen LogP contribution is 2.25. The summed E-state index contributed by atoms with van der Waals surface area (Å²) in [6.07, 6.45) is 4.11. The van der Waals surface area contributed by atoms with Gasteiger partial charge < -0.3 is 15.0 Å². The monoisotopic (exact) mass is 279 g/mol. The van der Waals surface area contributed by atoms with Crippen molar-refractivity contribution in [3.8, 4) is 0 Å². The Morgan fingerprint density at radius 1 is 1.35 bits per heavy atom. The van der Waals surface area contributed by atoms with Crippen molar-refractivity contribution in [2.75, 3.05) is 18.0 Å². The molecule has 1 saturated heterocycles. The van der Waals surface area contributed by atoms with Crippen LogP contribution in [0.4, 0.5) is 10.2 Å². The van der Waals surface area contributed by atoms with Crippen LogP contribution >= 0.6 is 0 Å². The first-order valence-corrected chi connectivity index (χ1v) is 7.40. The third-order valence-corrected chi connectivity index (χ3v) is 3.79. The van der Waals surface area contributed by atoms with Crippen molar-refractivity contribution in [1.82, 2.24) is 10.3 Å². The topological polar surface area (TPSA) is 37.4 Å². The van der Waals surface area contributed by atoms with E-state index in [-0.39, 0.29) is 18.0 Å². The Labute approximate surface area is 119 Å². The van der Waals surface area contributed by atoms with Gasteiger partial charge in [0.2, 0.25) is 0 Å². The summed E-state index contributed by atoms with van der Waals surface area (Å²) in [4.78, 5) is 6.54. The maximum absolute atomic E-state index is 13.5. The first-order chi connectivity index (χ1) is 9.61. The van der Waals surface area contributed by atoms with Crippen LogP contribution in [0, 0.1) is 5.82 Å². The second kappa shape index (κ2) is 5.66. The number of anilines is 1. The van der Waals surface area contributed by atoms with E-state index in [0.29, 0.717) is 12.6 Å². The average Bonchev–Trinajstić information content (AvgIpc) is 3.19. The molecule has 2 atom stereocenters. The molecule has 1 saturated carbocycles. The normalized spacial score (nSPS) is 26.9. The molecule has 1 N–H and O–H groups in total. The number of morpholine rings is 1. The molecule has 1 aromatic rings. The zero-order valence-corrected chi connectivity index (χ0v) is 12.1. The van der Waals surface area contributed by atoms with Gasteiger partial charge in [-0.3, -0.25) is 0 Å². The fourth-order valence-electron chi connectivity index (χ4n) is 2.78. The largest absolute Gasteiger partial charge is 0.372 e. The fraction of sp³-hybridized carbons (Fsp3) is 0.667. The fourth-order valence-corrected chi connectivity index (χ4v) is 2.78. The smallest absolute Gasteiger partial charge is 0.141 e. The molecule has 3 rings (SSSR count). The van der Waals surface area contributed by atoms with Crippen LogP contribution in [0.5, 0.6) is 0 Å². The summed E-state index contributed by atoms with van der Waals surface area (Å²) in [7, 11) is 0. The van der Waals surface area contributed by atoms with E-state index in [1.807, 2.05) is 0 Å². The maximum Gasteiger partial charge on any atom is 0.141 e. The highest BCUT2D eigenvalue weighted by Gasteiger charge is 2.26. The molecule has 4 nitrogen and oxygen atoms in total. The van der Waals surface area contributed by atoms with Crippen molar-refractivity contribution >= 4 is 5.82 Å². The molecule has 110 valence electrons. The number of rotatable bonds is 4.